The highest BCUT2D eigenvalue weighted by atomic mass is 32.2. The van der Waals surface area contributed by atoms with Crippen LogP contribution in [0.3, 0.4) is 0 Å². The van der Waals surface area contributed by atoms with Crippen LogP contribution < -0.4 is 0 Å². The first-order valence-corrected chi connectivity index (χ1v) is 4.05. The van der Waals surface area contributed by atoms with Crippen LogP contribution in [0.5, 0.6) is 0 Å². The van der Waals surface area contributed by atoms with Crippen LogP contribution >= 0.6 is 24.7 Å². The van der Waals surface area contributed by atoms with E-state index in [1.165, 1.54) is 0 Å². The molecule has 0 aromatic heterocycles. The smallest absolute Gasteiger partial charge is 0.153 e. The summed E-state index contributed by atoms with van der Waals surface area (Å²) in [7, 11) is 0. The molecule has 62 valence electrons. The van der Waals surface area contributed by atoms with Crippen LogP contribution in [0.4, 0.5) is 0 Å². The Hall–Kier alpha value is 0.540. The van der Waals surface area contributed by atoms with Crippen molar-refractivity contribution < 1.29 is 19.9 Å². The quantitative estimate of drug-likeness (QED) is 0.225. The number of hydrogen-bond donors (Lipinski definition) is 5. The van der Waals surface area contributed by atoms with E-state index in [1.807, 2.05) is 0 Å². The van der Waals surface area contributed by atoms with Crippen LogP contribution in [0, 0.1) is 0 Å². The first-order chi connectivity index (χ1) is 4.63. The Morgan fingerprint density at radius 1 is 1.30 bits per heavy atom. The summed E-state index contributed by atoms with van der Waals surface area (Å²) >= 11 is 3.76. The van der Waals surface area contributed by atoms with Crippen molar-refractivity contribution in [3.8, 4) is 0 Å². The van der Waals surface area contributed by atoms with E-state index in [-0.39, 0.29) is 17.8 Å². The SMILES string of the molecule is OSC(O)C(O)C(O)CS. The van der Waals surface area contributed by atoms with E-state index in [0.29, 0.717) is 0 Å². The maximum atomic E-state index is 8.86. The largest absolute Gasteiger partial charge is 0.389 e. The summed E-state index contributed by atoms with van der Waals surface area (Å²) < 4.78 is 8.22. The minimum atomic E-state index is -1.37. The number of thiol groups is 1. The minimum Gasteiger partial charge on any atom is -0.389 e. The Morgan fingerprint density at radius 3 is 2.10 bits per heavy atom. The average molecular weight is 186 g/mol. The molecule has 0 aromatic rings. The Labute approximate surface area is 68.5 Å². The van der Waals surface area contributed by atoms with Gasteiger partial charge in [0.15, 0.2) is 5.44 Å². The van der Waals surface area contributed by atoms with Crippen LogP contribution in [0.1, 0.15) is 0 Å². The fourth-order valence-electron chi connectivity index (χ4n) is 0.360. The summed E-state index contributed by atoms with van der Waals surface area (Å²) in [4.78, 5) is 0. The highest BCUT2D eigenvalue weighted by molar-refractivity contribution is 7.94. The van der Waals surface area contributed by atoms with Crippen molar-refractivity contribution >= 4 is 24.7 Å². The number of rotatable bonds is 4. The second kappa shape index (κ2) is 5.22. The summed E-state index contributed by atoms with van der Waals surface area (Å²) in [5.41, 5.74) is -1.37. The monoisotopic (exact) mass is 186 g/mol. The molecule has 0 radical (unpaired) electrons. The molecule has 0 rings (SSSR count). The number of aliphatic hydroxyl groups is 3. The second-order valence-electron chi connectivity index (χ2n) is 1.74. The van der Waals surface area contributed by atoms with Crippen molar-refractivity contribution in [3.05, 3.63) is 0 Å². The van der Waals surface area contributed by atoms with Crippen LogP contribution in [-0.2, 0) is 0 Å². The van der Waals surface area contributed by atoms with Gasteiger partial charge in [0.2, 0.25) is 0 Å². The van der Waals surface area contributed by atoms with Gasteiger partial charge in [0, 0.05) is 17.8 Å². The standard InChI is InChI=1S/C4H10O4S2/c5-2(1-9)3(6)4(7)10-8/h2-9H,1H2. The average Bonchev–Trinajstić information content (AvgIpc) is 2.00. The molecule has 0 heterocycles. The molecular formula is C4H10O4S2. The fourth-order valence-corrected chi connectivity index (χ4v) is 0.882. The lowest BCUT2D eigenvalue weighted by atomic mass is 10.2. The van der Waals surface area contributed by atoms with Gasteiger partial charge in [-0.15, -0.1) is 0 Å². The molecule has 3 atom stereocenters. The molecule has 6 heteroatoms. The van der Waals surface area contributed by atoms with Gasteiger partial charge in [0.1, 0.15) is 6.10 Å². The van der Waals surface area contributed by atoms with Crippen molar-refractivity contribution in [2.24, 2.45) is 0 Å². The van der Waals surface area contributed by atoms with E-state index >= 15 is 0 Å². The van der Waals surface area contributed by atoms with Crippen LogP contribution in [-0.4, -0.2) is 43.3 Å². The van der Waals surface area contributed by atoms with Gasteiger partial charge in [-0.1, -0.05) is 0 Å². The van der Waals surface area contributed by atoms with Crippen molar-refractivity contribution in [2.75, 3.05) is 5.75 Å². The Balaban J connectivity index is 3.69. The predicted molar refractivity (Wildman–Crippen MR) is 42.1 cm³/mol. The van der Waals surface area contributed by atoms with Crippen LogP contribution in [0.15, 0.2) is 0 Å². The van der Waals surface area contributed by atoms with Crippen LogP contribution in [0.25, 0.3) is 0 Å². The van der Waals surface area contributed by atoms with Gasteiger partial charge in [-0.25, -0.2) is 0 Å². The second-order valence-corrected chi connectivity index (χ2v) is 2.80. The van der Waals surface area contributed by atoms with Gasteiger partial charge in [-0.3, -0.25) is 0 Å². The number of hydrogen-bond acceptors (Lipinski definition) is 6. The maximum absolute atomic E-state index is 8.86. The summed E-state index contributed by atoms with van der Waals surface area (Å²) in [5.74, 6) is 0.0405. The van der Waals surface area contributed by atoms with E-state index in [4.69, 9.17) is 19.9 Å². The molecule has 4 nitrogen and oxygen atoms in total. The lowest BCUT2D eigenvalue weighted by Gasteiger charge is -2.18. The van der Waals surface area contributed by atoms with Gasteiger partial charge in [0.05, 0.1) is 6.10 Å². The molecule has 0 spiro atoms. The molecule has 10 heavy (non-hydrogen) atoms. The van der Waals surface area contributed by atoms with E-state index in [2.05, 4.69) is 12.6 Å². The minimum absolute atomic E-state index is 0.0405. The molecular weight excluding hydrogens is 176 g/mol. The van der Waals surface area contributed by atoms with E-state index in [1.54, 1.807) is 0 Å². The predicted octanol–water partition coefficient (Wildman–Crippen LogP) is -0.837. The zero-order valence-corrected chi connectivity index (χ0v) is 6.79. The molecule has 0 aromatic carbocycles. The highest BCUT2D eigenvalue weighted by Crippen LogP contribution is 2.10. The van der Waals surface area contributed by atoms with E-state index in [0.717, 1.165) is 0 Å². The molecule has 0 amide bonds. The third-order valence-corrected chi connectivity index (χ3v) is 1.85. The van der Waals surface area contributed by atoms with Gasteiger partial charge in [-0.05, 0) is 0 Å². The molecule has 4 N–H and O–H groups in total. The molecule has 0 aliphatic rings. The summed E-state index contributed by atoms with van der Waals surface area (Å²) in [6, 6.07) is 0. The number of aliphatic hydroxyl groups excluding tert-OH is 3. The third kappa shape index (κ3) is 3.09. The molecule has 0 fully saturated rings. The molecule has 0 saturated heterocycles. The molecule has 3 unspecified atom stereocenters. The van der Waals surface area contributed by atoms with Gasteiger partial charge < -0.3 is 19.9 Å². The van der Waals surface area contributed by atoms with Crippen molar-refractivity contribution in [1.29, 1.82) is 0 Å². The Morgan fingerprint density at radius 2 is 1.80 bits per heavy atom. The van der Waals surface area contributed by atoms with Crippen molar-refractivity contribution in [3.63, 3.8) is 0 Å². The molecule has 0 aliphatic carbocycles. The first kappa shape index (κ1) is 10.5. The van der Waals surface area contributed by atoms with Gasteiger partial charge in [0.25, 0.3) is 0 Å². The summed E-state index contributed by atoms with van der Waals surface area (Å²) in [6.07, 6.45) is -2.47. The molecule has 0 aliphatic heterocycles. The summed E-state index contributed by atoms with van der Waals surface area (Å²) in [6.45, 7) is 0. The van der Waals surface area contributed by atoms with Crippen LogP contribution in [0.2, 0.25) is 0 Å². The van der Waals surface area contributed by atoms with Crippen molar-refractivity contribution in [2.45, 2.75) is 17.6 Å². The summed E-state index contributed by atoms with van der Waals surface area (Å²) in [5, 5.41) is 26.4. The normalized spacial score (nSPS) is 20.1. The van der Waals surface area contributed by atoms with E-state index in [9.17, 15) is 0 Å². The Bertz CT molecular complexity index is 81.3. The zero-order chi connectivity index (χ0) is 8.15. The first-order valence-electron chi connectivity index (χ1n) is 2.58. The third-order valence-electron chi connectivity index (χ3n) is 0.981. The maximum Gasteiger partial charge on any atom is 0.153 e. The molecule has 0 saturated carbocycles. The fraction of sp³-hybridized carbons (Fsp3) is 1.00. The zero-order valence-electron chi connectivity index (χ0n) is 5.08. The topological polar surface area (TPSA) is 80.9 Å². The molecule has 0 bridgehead atoms. The Kier molecular flexibility index (Phi) is 5.51. The van der Waals surface area contributed by atoms with Crippen molar-refractivity contribution in [1.82, 2.24) is 0 Å². The van der Waals surface area contributed by atoms with Gasteiger partial charge >= 0.3 is 0 Å². The van der Waals surface area contributed by atoms with E-state index < -0.39 is 17.6 Å². The lowest BCUT2D eigenvalue weighted by Crippen LogP contribution is -2.36. The van der Waals surface area contributed by atoms with Gasteiger partial charge in [-0.2, -0.15) is 12.6 Å². The highest BCUT2D eigenvalue weighted by Gasteiger charge is 2.23. The lowest BCUT2D eigenvalue weighted by molar-refractivity contribution is -0.0167.